The molecule has 1 heterocycles. The van der Waals surface area contributed by atoms with E-state index in [4.69, 9.17) is 5.73 Å². The predicted molar refractivity (Wildman–Crippen MR) is 68.1 cm³/mol. The van der Waals surface area contributed by atoms with Crippen LogP contribution in [0.25, 0.3) is 10.9 Å². The van der Waals surface area contributed by atoms with Crippen molar-refractivity contribution in [1.82, 2.24) is 4.98 Å². The molecular formula is C14H18N2. The fraction of sp³-hybridized carbons (Fsp3) is 0.357. The van der Waals surface area contributed by atoms with Gasteiger partial charge in [-0.15, -0.1) is 0 Å². The molecule has 2 aromatic rings. The van der Waals surface area contributed by atoms with Crippen molar-refractivity contribution in [3.05, 3.63) is 42.1 Å². The summed E-state index contributed by atoms with van der Waals surface area (Å²) in [4.78, 5) is 4.35. The first-order chi connectivity index (χ1) is 7.50. The minimum Gasteiger partial charge on any atom is -0.323 e. The van der Waals surface area contributed by atoms with E-state index in [1.165, 1.54) is 5.56 Å². The topological polar surface area (TPSA) is 38.9 Å². The molecule has 1 atom stereocenters. The quantitative estimate of drug-likeness (QED) is 0.791. The van der Waals surface area contributed by atoms with Crippen molar-refractivity contribution < 1.29 is 0 Å². The summed E-state index contributed by atoms with van der Waals surface area (Å²) >= 11 is 0. The number of fused-ring (bicyclic) bond motifs is 1. The van der Waals surface area contributed by atoms with Gasteiger partial charge in [-0.05, 0) is 23.1 Å². The highest BCUT2D eigenvalue weighted by Crippen LogP contribution is 2.33. The third-order valence-electron chi connectivity index (χ3n) is 2.95. The third kappa shape index (κ3) is 1.93. The fourth-order valence-corrected chi connectivity index (χ4v) is 1.86. The third-order valence-corrected chi connectivity index (χ3v) is 2.95. The van der Waals surface area contributed by atoms with E-state index < -0.39 is 0 Å². The predicted octanol–water partition coefficient (Wildman–Crippen LogP) is 3.28. The fourth-order valence-electron chi connectivity index (χ4n) is 1.86. The zero-order chi connectivity index (χ0) is 11.8. The Hall–Kier alpha value is -1.41. The summed E-state index contributed by atoms with van der Waals surface area (Å²) in [6.45, 7) is 6.48. The maximum Gasteiger partial charge on any atom is 0.0705 e. The van der Waals surface area contributed by atoms with Gasteiger partial charge in [-0.2, -0.15) is 0 Å². The van der Waals surface area contributed by atoms with Crippen LogP contribution >= 0.6 is 0 Å². The summed E-state index contributed by atoms with van der Waals surface area (Å²) in [6.07, 6.45) is 1.84. The lowest BCUT2D eigenvalue weighted by Gasteiger charge is -2.28. The van der Waals surface area contributed by atoms with Gasteiger partial charge in [-0.25, -0.2) is 0 Å². The number of nitrogens with two attached hydrogens (primary N) is 1. The SMILES string of the molecule is CC(C)(C)[C@@H](N)c1ccnc2ccccc12. The van der Waals surface area contributed by atoms with E-state index in [9.17, 15) is 0 Å². The Kier molecular flexibility index (Phi) is 2.68. The van der Waals surface area contributed by atoms with Crippen LogP contribution in [0.3, 0.4) is 0 Å². The van der Waals surface area contributed by atoms with Crippen molar-refractivity contribution in [3.8, 4) is 0 Å². The zero-order valence-corrected chi connectivity index (χ0v) is 10.1. The highest BCUT2D eigenvalue weighted by molar-refractivity contribution is 5.82. The Morgan fingerprint density at radius 1 is 1.12 bits per heavy atom. The number of nitrogens with zero attached hydrogens (tertiary/aromatic N) is 1. The second-order valence-electron chi connectivity index (χ2n) is 5.26. The normalized spacial score (nSPS) is 14.0. The van der Waals surface area contributed by atoms with Gasteiger partial charge in [-0.3, -0.25) is 4.98 Å². The van der Waals surface area contributed by atoms with E-state index in [-0.39, 0.29) is 11.5 Å². The molecule has 0 unspecified atom stereocenters. The summed E-state index contributed by atoms with van der Waals surface area (Å²) < 4.78 is 0. The average molecular weight is 214 g/mol. The summed E-state index contributed by atoms with van der Waals surface area (Å²) in [5.74, 6) is 0. The Morgan fingerprint density at radius 3 is 2.50 bits per heavy atom. The summed E-state index contributed by atoms with van der Waals surface area (Å²) in [5, 5.41) is 1.16. The first kappa shape index (κ1) is 11.1. The van der Waals surface area contributed by atoms with E-state index >= 15 is 0 Å². The molecule has 16 heavy (non-hydrogen) atoms. The van der Waals surface area contributed by atoms with Crippen LogP contribution in [0.5, 0.6) is 0 Å². The van der Waals surface area contributed by atoms with Crippen LogP contribution in [0.2, 0.25) is 0 Å². The molecule has 1 aromatic heterocycles. The number of hydrogen-bond donors (Lipinski definition) is 1. The minimum absolute atomic E-state index is 0.0281. The second kappa shape index (κ2) is 3.87. The molecule has 0 saturated heterocycles. The van der Waals surface area contributed by atoms with Crippen molar-refractivity contribution in [2.75, 3.05) is 0 Å². The van der Waals surface area contributed by atoms with Crippen molar-refractivity contribution >= 4 is 10.9 Å². The van der Waals surface area contributed by atoms with Crippen molar-refractivity contribution in [1.29, 1.82) is 0 Å². The first-order valence-corrected chi connectivity index (χ1v) is 5.59. The molecule has 84 valence electrons. The lowest BCUT2D eigenvalue weighted by atomic mass is 9.82. The Bertz CT molecular complexity index is 492. The molecule has 0 fully saturated rings. The summed E-state index contributed by atoms with van der Waals surface area (Å²) in [7, 11) is 0. The molecule has 2 rings (SSSR count). The largest absolute Gasteiger partial charge is 0.323 e. The molecule has 0 spiro atoms. The van der Waals surface area contributed by atoms with Crippen LogP contribution in [0.1, 0.15) is 32.4 Å². The number of benzene rings is 1. The molecule has 0 aliphatic heterocycles. The molecule has 0 aliphatic carbocycles. The van der Waals surface area contributed by atoms with Crippen molar-refractivity contribution in [2.45, 2.75) is 26.8 Å². The lowest BCUT2D eigenvalue weighted by Crippen LogP contribution is -2.26. The summed E-state index contributed by atoms with van der Waals surface area (Å²) in [6, 6.07) is 10.2. The van der Waals surface area contributed by atoms with Crippen molar-refractivity contribution in [3.63, 3.8) is 0 Å². The van der Waals surface area contributed by atoms with Gasteiger partial charge in [0.25, 0.3) is 0 Å². The maximum absolute atomic E-state index is 6.31. The van der Waals surface area contributed by atoms with E-state index in [0.717, 1.165) is 10.9 Å². The highest BCUT2D eigenvalue weighted by Gasteiger charge is 2.23. The van der Waals surface area contributed by atoms with Gasteiger partial charge >= 0.3 is 0 Å². The molecule has 2 nitrogen and oxygen atoms in total. The monoisotopic (exact) mass is 214 g/mol. The van der Waals surface area contributed by atoms with Crippen LogP contribution in [0.4, 0.5) is 0 Å². The average Bonchev–Trinajstić information content (AvgIpc) is 2.26. The Balaban J connectivity index is 2.61. The molecule has 0 amide bonds. The van der Waals surface area contributed by atoms with Gasteiger partial charge in [0.15, 0.2) is 0 Å². The van der Waals surface area contributed by atoms with E-state index in [1.54, 1.807) is 0 Å². The molecular weight excluding hydrogens is 196 g/mol. The first-order valence-electron chi connectivity index (χ1n) is 5.59. The second-order valence-corrected chi connectivity index (χ2v) is 5.26. The van der Waals surface area contributed by atoms with Crippen LogP contribution in [-0.2, 0) is 0 Å². The smallest absolute Gasteiger partial charge is 0.0705 e. The number of aromatic nitrogens is 1. The van der Waals surface area contributed by atoms with E-state index in [2.05, 4.69) is 31.8 Å². The minimum atomic E-state index is 0.0281. The molecule has 0 radical (unpaired) electrons. The number of pyridine rings is 1. The highest BCUT2D eigenvalue weighted by atomic mass is 14.7. The number of rotatable bonds is 1. The van der Waals surface area contributed by atoms with Crippen LogP contribution < -0.4 is 5.73 Å². The molecule has 1 aromatic carbocycles. The molecule has 2 N–H and O–H groups in total. The van der Waals surface area contributed by atoms with Gasteiger partial charge in [-0.1, -0.05) is 39.0 Å². The molecule has 0 aliphatic rings. The summed E-state index contributed by atoms with van der Waals surface area (Å²) in [5.41, 5.74) is 8.56. The van der Waals surface area contributed by atoms with Gasteiger partial charge in [0, 0.05) is 17.6 Å². The van der Waals surface area contributed by atoms with Gasteiger partial charge in [0.2, 0.25) is 0 Å². The van der Waals surface area contributed by atoms with Crippen LogP contribution in [0.15, 0.2) is 36.5 Å². The van der Waals surface area contributed by atoms with E-state index in [1.807, 2.05) is 30.5 Å². The van der Waals surface area contributed by atoms with Gasteiger partial charge in [0.1, 0.15) is 0 Å². The van der Waals surface area contributed by atoms with E-state index in [0.29, 0.717) is 0 Å². The zero-order valence-electron chi connectivity index (χ0n) is 10.1. The number of para-hydroxylation sites is 1. The van der Waals surface area contributed by atoms with Crippen LogP contribution in [0, 0.1) is 5.41 Å². The molecule has 0 saturated carbocycles. The Labute approximate surface area is 96.5 Å². The molecule has 2 heteroatoms. The Morgan fingerprint density at radius 2 is 1.81 bits per heavy atom. The maximum atomic E-state index is 6.31. The van der Waals surface area contributed by atoms with Crippen molar-refractivity contribution in [2.24, 2.45) is 11.1 Å². The van der Waals surface area contributed by atoms with Crippen LogP contribution in [-0.4, -0.2) is 4.98 Å². The van der Waals surface area contributed by atoms with Gasteiger partial charge in [0.05, 0.1) is 5.52 Å². The lowest BCUT2D eigenvalue weighted by molar-refractivity contribution is 0.328. The molecule has 0 bridgehead atoms. The van der Waals surface area contributed by atoms with Gasteiger partial charge < -0.3 is 5.73 Å². The number of hydrogen-bond acceptors (Lipinski definition) is 2. The standard InChI is InChI=1S/C14H18N2/c1-14(2,3)13(15)11-8-9-16-12-7-5-4-6-10(11)12/h4-9,13H,15H2,1-3H3/t13-/m0/s1.